The predicted molar refractivity (Wildman–Crippen MR) is 149 cm³/mol. The van der Waals surface area contributed by atoms with Crippen LogP contribution in [-0.2, 0) is 6.42 Å². The molecule has 2 rings (SSSR count). The van der Waals surface area contributed by atoms with Crippen molar-refractivity contribution in [3.05, 3.63) is 60.2 Å². The van der Waals surface area contributed by atoms with Gasteiger partial charge in [-0.05, 0) is 49.1 Å². The molecule has 2 aromatic rings. The van der Waals surface area contributed by atoms with Crippen molar-refractivity contribution in [3.8, 4) is 5.75 Å². The molecule has 34 heavy (non-hydrogen) atoms. The summed E-state index contributed by atoms with van der Waals surface area (Å²) in [7, 11) is 0. The highest BCUT2D eigenvalue weighted by Crippen LogP contribution is 2.31. The molecule has 2 aromatic carbocycles. The Labute approximate surface area is 214 Å². The molecule has 0 aliphatic rings. The molecule has 188 valence electrons. The predicted octanol–water partition coefficient (Wildman–Crippen LogP) is 10.5. The Hall–Kier alpha value is -1.81. The fourth-order valence-corrected chi connectivity index (χ4v) is 4.39. The van der Waals surface area contributed by atoms with Gasteiger partial charge in [0.25, 0.3) is 5.06 Å². The van der Waals surface area contributed by atoms with Crippen molar-refractivity contribution in [2.45, 2.75) is 115 Å². The lowest BCUT2D eigenvalue weighted by Crippen LogP contribution is -2.26. The highest BCUT2D eigenvalue weighted by Gasteiger charge is 2.27. The molecule has 1 unspecified atom stereocenters. The standard InChI is InChI=1S/C30H46N2OS/c1-3-5-7-9-10-11-12-13-18-26-30(34,33-29-20-16-14-17-21-29)32-31-28-24-22-27(23-25-28)19-15-8-6-4-2/h14,16-17,20-25,34H,3-13,15,18-19,26H2,1-2H3. The first-order valence-electron chi connectivity index (χ1n) is 13.6. The van der Waals surface area contributed by atoms with Crippen LogP contribution in [0, 0.1) is 0 Å². The average Bonchev–Trinajstić information content (AvgIpc) is 2.86. The van der Waals surface area contributed by atoms with Crippen molar-refractivity contribution >= 4 is 18.3 Å². The minimum absolute atomic E-state index is 0.736. The lowest BCUT2D eigenvalue weighted by molar-refractivity contribution is 0.155. The number of ether oxygens (including phenoxy) is 1. The number of aryl methyl sites for hydroxylation is 1. The third-order valence-corrected chi connectivity index (χ3v) is 6.61. The number of hydrogen-bond donors (Lipinski definition) is 1. The van der Waals surface area contributed by atoms with E-state index in [1.807, 2.05) is 42.5 Å². The Morgan fingerprint density at radius 1 is 0.676 bits per heavy atom. The van der Waals surface area contributed by atoms with Gasteiger partial charge >= 0.3 is 0 Å². The first-order valence-corrected chi connectivity index (χ1v) is 14.1. The first-order chi connectivity index (χ1) is 16.6. The number of para-hydroxylation sites is 1. The van der Waals surface area contributed by atoms with Crippen LogP contribution in [0.1, 0.15) is 109 Å². The molecule has 0 aliphatic heterocycles. The topological polar surface area (TPSA) is 34.0 Å². The second kappa shape index (κ2) is 17.6. The molecule has 0 aliphatic carbocycles. The minimum atomic E-state index is -0.957. The van der Waals surface area contributed by atoms with Gasteiger partial charge in [-0.25, -0.2) is 0 Å². The minimum Gasteiger partial charge on any atom is -0.455 e. The zero-order chi connectivity index (χ0) is 24.3. The Bertz CT molecular complexity index is 778. The van der Waals surface area contributed by atoms with Gasteiger partial charge in [-0.2, -0.15) is 5.11 Å². The van der Waals surface area contributed by atoms with Crippen LogP contribution in [0.3, 0.4) is 0 Å². The van der Waals surface area contributed by atoms with Gasteiger partial charge in [0.05, 0.1) is 5.69 Å². The Morgan fingerprint density at radius 2 is 1.24 bits per heavy atom. The molecule has 0 N–H and O–H groups in total. The highest BCUT2D eigenvalue weighted by molar-refractivity contribution is 7.81. The number of hydrogen-bond acceptors (Lipinski definition) is 4. The summed E-state index contributed by atoms with van der Waals surface area (Å²) < 4.78 is 6.20. The first kappa shape index (κ1) is 28.4. The molecule has 0 aromatic heterocycles. The molecule has 3 nitrogen and oxygen atoms in total. The largest absolute Gasteiger partial charge is 0.455 e. The summed E-state index contributed by atoms with van der Waals surface area (Å²) in [5.74, 6) is 0.773. The molecular weight excluding hydrogens is 436 g/mol. The summed E-state index contributed by atoms with van der Waals surface area (Å²) in [6.07, 6.45) is 18.6. The Kier molecular flexibility index (Phi) is 14.7. The lowest BCUT2D eigenvalue weighted by atomic mass is 10.1. The highest BCUT2D eigenvalue weighted by atomic mass is 32.1. The van der Waals surface area contributed by atoms with Gasteiger partial charge in [-0.3, -0.25) is 0 Å². The average molecular weight is 483 g/mol. The van der Waals surface area contributed by atoms with Gasteiger partial charge < -0.3 is 4.74 Å². The van der Waals surface area contributed by atoms with E-state index in [1.165, 1.54) is 82.6 Å². The summed E-state index contributed by atoms with van der Waals surface area (Å²) in [6.45, 7) is 4.52. The van der Waals surface area contributed by atoms with Crippen molar-refractivity contribution in [1.29, 1.82) is 0 Å². The molecule has 1 atom stereocenters. The van der Waals surface area contributed by atoms with Crippen LogP contribution >= 0.6 is 12.6 Å². The van der Waals surface area contributed by atoms with E-state index >= 15 is 0 Å². The third kappa shape index (κ3) is 12.6. The van der Waals surface area contributed by atoms with E-state index in [0.717, 1.165) is 30.7 Å². The molecule has 0 amide bonds. The molecule has 0 fully saturated rings. The molecule has 4 heteroatoms. The van der Waals surface area contributed by atoms with Crippen LogP contribution in [0.15, 0.2) is 64.8 Å². The van der Waals surface area contributed by atoms with Gasteiger partial charge in [-0.1, -0.05) is 115 Å². The maximum Gasteiger partial charge on any atom is 0.264 e. The van der Waals surface area contributed by atoms with Crippen LogP contribution in [-0.4, -0.2) is 5.06 Å². The van der Waals surface area contributed by atoms with Crippen molar-refractivity contribution in [2.75, 3.05) is 0 Å². The maximum absolute atomic E-state index is 6.20. The van der Waals surface area contributed by atoms with Gasteiger partial charge in [0, 0.05) is 6.42 Å². The number of rotatable bonds is 19. The van der Waals surface area contributed by atoms with Crippen LogP contribution in [0.25, 0.3) is 0 Å². The van der Waals surface area contributed by atoms with Crippen molar-refractivity contribution < 1.29 is 4.74 Å². The van der Waals surface area contributed by atoms with Crippen LogP contribution in [0.5, 0.6) is 5.75 Å². The van der Waals surface area contributed by atoms with Crippen LogP contribution < -0.4 is 4.74 Å². The molecule has 0 spiro atoms. The summed E-state index contributed by atoms with van der Waals surface area (Å²) in [5.41, 5.74) is 2.21. The van der Waals surface area contributed by atoms with Crippen molar-refractivity contribution in [3.63, 3.8) is 0 Å². The van der Waals surface area contributed by atoms with Gasteiger partial charge in [-0.15, -0.1) is 17.7 Å². The van der Waals surface area contributed by atoms with Crippen LogP contribution in [0.2, 0.25) is 0 Å². The summed E-state index contributed by atoms with van der Waals surface area (Å²) >= 11 is 4.85. The quantitative estimate of drug-likeness (QED) is 0.0918. The second-order valence-electron chi connectivity index (χ2n) is 9.41. The fraction of sp³-hybridized carbons (Fsp3) is 0.600. The number of benzene rings is 2. The molecule has 0 radical (unpaired) electrons. The maximum atomic E-state index is 6.20. The zero-order valence-corrected chi connectivity index (χ0v) is 22.4. The van der Waals surface area contributed by atoms with Crippen molar-refractivity contribution in [2.24, 2.45) is 10.2 Å². The monoisotopic (exact) mass is 482 g/mol. The smallest absolute Gasteiger partial charge is 0.264 e. The van der Waals surface area contributed by atoms with E-state index in [4.69, 9.17) is 17.4 Å². The van der Waals surface area contributed by atoms with Crippen LogP contribution in [0.4, 0.5) is 5.69 Å². The van der Waals surface area contributed by atoms with E-state index in [9.17, 15) is 0 Å². The SMILES string of the molecule is CCCCCCCCCCCC(S)(N=Nc1ccc(CCCCCC)cc1)Oc1ccccc1. The molecule has 0 bridgehead atoms. The number of unbranched alkanes of at least 4 members (excludes halogenated alkanes) is 11. The summed E-state index contributed by atoms with van der Waals surface area (Å²) in [5, 5.41) is 8.12. The van der Waals surface area contributed by atoms with Crippen molar-refractivity contribution in [1.82, 2.24) is 0 Å². The summed E-state index contributed by atoms with van der Waals surface area (Å²) in [4.78, 5) is 0. The van der Waals surface area contributed by atoms with E-state index in [-0.39, 0.29) is 0 Å². The number of thiol groups is 1. The molecule has 0 heterocycles. The van der Waals surface area contributed by atoms with E-state index in [2.05, 4.69) is 36.2 Å². The van der Waals surface area contributed by atoms with Gasteiger partial charge in [0.15, 0.2) is 0 Å². The number of azo groups is 1. The van der Waals surface area contributed by atoms with Gasteiger partial charge in [0.2, 0.25) is 0 Å². The molecular formula is C30H46N2OS. The second-order valence-corrected chi connectivity index (χ2v) is 10.1. The van der Waals surface area contributed by atoms with E-state index in [0.29, 0.717) is 0 Å². The van der Waals surface area contributed by atoms with E-state index in [1.54, 1.807) is 0 Å². The lowest BCUT2D eigenvalue weighted by Gasteiger charge is -2.24. The Balaban J connectivity index is 1.87. The normalized spacial score (nSPS) is 13.3. The third-order valence-electron chi connectivity index (χ3n) is 6.21. The Morgan fingerprint density at radius 3 is 1.85 bits per heavy atom. The fourth-order valence-electron chi connectivity index (χ4n) is 4.09. The van der Waals surface area contributed by atoms with E-state index < -0.39 is 5.06 Å². The summed E-state index contributed by atoms with van der Waals surface area (Å²) in [6, 6.07) is 18.3. The zero-order valence-electron chi connectivity index (χ0n) is 21.6. The number of nitrogens with zero attached hydrogens (tertiary/aromatic N) is 2. The molecule has 0 saturated carbocycles. The molecule has 0 saturated heterocycles. The van der Waals surface area contributed by atoms with Gasteiger partial charge in [0.1, 0.15) is 5.75 Å².